The van der Waals surface area contributed by atoms with Gasteiger partial charge in [0.15, 0.2) is 5.78 Å². The van der Waals surface area contributed by atoms with Crippen LogP contribution in [0.25, 0.3) is 0 Å². The maximum atomic E-state index is 13.3. The van der Waals surface area contributed by atoms with Crippen molar-refractivity contribution in [1.29, 1.82) is 0 Å². The van der Waals surface area contributed by atoms with Crippen molar-refractivity contribution in [3.8, 4) is 0 Å². The minimum Gasteiger partial charge on any atom is -0.294 e. The van der Waals surface area contributed by atoms with Crippen LogP contribution in [-0.2, 0) is 9.59 Å². The Morgan fingerprint density at radius 2 is 1.64 bits per heavy atom. The molecule has 0 N–H and O–H groups in total. The molecule has 1 amide bonds. The number of carbonyl (C=O) groups excluding carboxylic acids is 2. The molecule has 4 heteroatoms. The third-order valence-electron chi connectivity index (χ3n) is 4.96. The number of Topliss-reactive ketones (excluding diaryl/α,β-unsaturated/α-hetero) is 1. The fourth-order valence-corrected chi connectivity index (χ4v) is 3.85. The standard InChI is InChI=1S/C21H18FNO2/c22-15-11-9-14(10-12-15)17-13-20(25)23(16-5-2-1-3-6-16)18-7-4-8-19(24)21(17)18/h1-3,5-6,9-12,17H,4,7-8,13H2. The molecule has 1 atom stereocenters. The number of hydrogen-bond donors (Lipinski definition) is 0. The number of benzene rings is 2. The average molecular weight is 335 g/mol. The number of anilines is 1. The molecule has 0 radical (unpaired) electrons. The lowest BCUT2D eigenvalue weighted by atomic mass is 9.77. The van der Waals surface area contributed by atoms with Gasteiger partial charge in [0.1, 0.15) is 5.82 Å². The Bertz CT molecular complexity index is 855. The zero-order valence-corrected chi connectivity index (χ0v) is 13.7. The van der Waals surface area contributed by atoms with E-state index in [0.29, 0.717) is 12.8 Å². The van der Waals surface area contributed by atoms with Crippen LogP contribution in [0.4, 0.5) is 10.1 Å². The summed E-state index contributed by atoms with van der Waals surface area (Å²) in [7, 11) is 0. The Balaban J connectivity index is 1.85. The Kier molecular flexibility index (Phi) is 3.96. The van der Waals surface area contributed by atoms with Crippen molar-refractivity contribution in [2.24, 2.45) is 0 Å². The van der Waals surface area contributed by atoms with Crippen LogP contribution in [0.15, 0.2) is 65.9 Å². The van der Waals surface area contributed by atoms with E-state index in [1.54, 1.807) is 17.0 Å². The number of rotatable bonds is 2. The summed E-state index contributed by atoms with van der Waals surface area (Å²) in [5.41, 5.74) is 3.16. The number of allylic oxidation sites excluding steroid dienone is 2. The first-order valence-corrected chi connectivity index (χ1v) is 8.55. The van der Waals surface area contributed by atoms with Crippen molar-refractivity contribution >= 4 is 17.4 Å². The van der Waals surface area contributed by atoms with Gasteiger partial charge in [-0.05, 0) is 42.7 Å². The summed E-state index contributed by atoms with van der Waals surface area (Å²) in [5, 5.41) is 0. The molecule has 0 aromatic heterocycles. The summed E-state index contributed by atoms with van der Waals surface area (Å²) in [4.78, 5) is 27.3. The number of para-hydroxylation sites is 1. The Morgan fingerprint density at radius 1 is 0.920 bits per heavy atom. The number of carbonyl (C=O) groups is 2. The highest BCUT2D eigenvalue weighted by Crippen LogP contribution is 2.43. The average Bonchev–Trinajstić information content (AvgIpc) is 2.62. The summed E-state index contributed by atoms with van der Waals surface area (Å²) in [6.07, 6.45) is 2.20. The molecule has 25 heavy (non-hydrogen) atoms. The van der Waals surface area contributed by atoms with Crippen LogP contribution in [-0.4, -0.2) is 11.7 Å². The molecule has 126 valence electrons. The van der Waals surface area contributed by atoms with Crippen molar-refractivity contribution in [3.63, 3.8) is 0 Å². The van der Waals surface area contributed by atoms with Crippen molar-refractivity contribution in [2.75, 3.05) is 4.90 Å². The molecule has 1 aliphatic carbocycles. The van der Waals surface area contributed by atoms with Gasteiger partial charge in [-0.2, -0.15) is 0 Å². The molecule has 3 nitrogen and oxygen atoms in total. The highest BCUT2D eigenvalue weighted by Gasteiger charge is 2.39. The second-order valence-electron chi connectivity index (χ2n) is 6.51. The van der Waals surface area contributed by atoms with E-state index in [1.165, 1.54) is 12.1 Å². The van der Waals surface area contributed by atoms with Gasteiger partial charge in [0.05, 0.1) is 0 Å². The molecule has 1 unspecified atom stereocenters. The third-order valence-corrected chi connectivity index (χ3v) is 4.96. The van der Waals surface area contributed by atoms with Crippen LogP contribution in [0.1, 0.15) is 37.2 Å². The van der Waals surface area contributed by atoms with Crippen LogP contribution in [0.5, 0.6) is 0 Å². The first kappa shape index (κ1) is 15.8. The number of halogens is 1. The number of amides is 1. The molecule has 1 aliphatic heterocycles. The molecule has 2 aromatic carbocycles. The lowest BCUT2D eigenvalue weighted by molar-refractivity contribution is -0.119. The van der Waals surface area contributed by atoms with Gasteiger partial charge in [-0.25, -0.2) is 4.39 Å². The quantitative estimate of drug-likeness (QED) is 0.818. The van der Waals surface area contributed by atoms with Crippen LogP contribution >= 0.6 is 0 Å². The van der Waals surface area contributed by atoms with Crippen LogP contribution in [0, 0.1) is 5.82 Å². The molecular weight excluding hydrogens is 317 g/mol. The Labute approximate surface area is 145 Å². The van der Waals surface area contributed by atoms with Crippen molar-refractivity contribution in [2.45, 2.75) is 31.6 Å². The first-order valence-electron chi connectivity index (χ1n) is 8.55. The third kappa shape index (κ3) is 2.78. The van der Waals surface area contributed by atoms with E-state index < -0.39 is 0 Å². The molecule has 0 saturated heterocycles. The van der Waals surface area contributed by atoms with Gasteiger partial charge in [0, 0.05) is 35.7 Å². The Hall–Kier alpha value is -2.75. The van der Waals surface area contributed by atoms with Crippen LogP contribution in [0.3, 0.4) is 0 Å². The summed E-state index contributed by atoms with van der Waals surface area (Å²) in [5.74, 6) is -0.519. The highest BCUT2D eigenvalue weighted by molar-refractivity contribution is 6.07. The molecule has 0 bridgehead atoms. The number of nitrogens with zero attached hydrogens (tertiary/aromatic N) is 1. The van der Waals surface area contributed by atoms with E-state index in [1.807, 2.05) is 30.3 Å². The zero-order valence-electron chi connectivity index (χ0n) is 13.7. The fourth-order valence-electron chi connectivity index (χ4n) is 3.85. The van der Waals surface area contributed by atoms with E-state index in [-0.39, 0.29) is 29.8 Å². The van der Waals surface area contributed by atoms with Crippen molar-refractivity contribution in [1.82, 2.24) is 0 Å². The van der Waals surface area contributed by atoms with Gasteiger partial charge >= 0.3 is 0 Å². The fraction of sp³-hybridized carbons (Fsp3) is 0.238. The van der Waals surface area contributed by atoms with Crippen LogP contribution < -0.4 is 4.90 Å². The van der Waals surface area contributed by atoms with Gasteiger partial charge in [0.25, 0.3) is 0 Å². The molecule has 0 fully saturated rings. The van der Waals surface area contributed by atoms with E-state index in [4.69, 9.17) is 0 Å². The lowest BCUT2D eigenvalue weighted by Crippen LogP contribution is -2.40. The minimum absolute atomic E-state index is 0.0195. The van der Waals surface area contributed by atoms with E-state index in [9.17, 15) is 14.0 Å². The molecule has 2 aromatic rings. The highest BCUT2D eigenvalue weighted by atomic mass is 19.1. The molecular formula is C21H18FNO2. The maximum absolute atomic E-state index is 13.3. The molecule has 0 spiro atoms. The summed E-state index contributed by atoms with van der Waals surface area (Å²) < 4.78 is 13.3. The molecule has 2 aliphatic rings. The normalized spacial score (nSPS) is 20.7. The van der Waals surface area contributed by atoms with Crippen molar-refractivity contribution in [3.05, 3.63) is 77.2 Å². The second-order valence-corrected chi connectivity index (χ2v) is 6.51. The zero-order chi connectivity index (χ0) is 17.4. The van der Waals surface area contributed by atoms with Crippen molar-refractivity contribution < 1.29 is 14.0 Å². The predicted octanol–water partition coefficient (Wildman–Crippen LogP) is 4.35. The molecule has 1 heterocycles. The topological polar surface area (TPSA) is 37.4 Å². The summed E-state index contributed by atoms with van der Waals surface area (Å²) in [6.45, 7) is 0. The molecule has 0 saturated carbocycles. The summed E-state index contributed by atoms with van der Waals surface area (Å²) in [6, 6.07) is 15.6. The molecule has 4 rings (SSSR count). The minimum atomic E-state index is -0.319. The second kappa shape index (κ2) is 6.28. The van der Waals surface area contributed by atoms with E-state index in [2.05, 4.69) is 0 Å². The monoisotopic (exact) mass is 335 g/mol. The van der Waals surface area contributed by atoms with E-state index in [0.717, 1.165) is 28.9 Å². The maximum Gasteiger partial charge on any atom is 0.232 e. The smallest absolute Gasteiger partial charge is 0.232 e. The predicted molar refractivity (Wildman–Crippen MR) is 93.6 cm³/mol. The SMILES string of the molecule is O=C1CCCC2=C1C(c1ccc(F)cc1)CC(=O)N2c1ccccc1. The van der Waals surface area contributed by atoms with E-state index >= 15 is 0 Å². The van der Waals surface area contributed by atoms with Gasteiger partial charge < -0.3 is 0 Å². The number of hydrogen-bond acceptors (Lipinski definition) is 2. The van der Waals surface area contributed by atoms with Gasteiger partial charge in [0.2, 0.25) is 5.91 Å². The lowest BCUT2D eigenvalue weighted by Gasteiger charge is -2.38. The first-order chi connectivity index (χ1) is 12.1. The number of ketones is 1. The van der Waals surface area contributed by atoms with Gasteiger partial charge in [-0.1, -0.05) is 30.3 Å². The van der Waals surface area contributed by atoms with Gasteiger partial charge in [-0.15, -0.1) is 0 Å². The van der Waals surface area contributed by atoms with Gasteiger partial charge in [-0.3, -0.25) is 14.5 Å². The largest absolute Gasteiger partial charge is 0.294 e. The summed E-state index contributed by atoms with van der Waals surface area (Å²) >= 11 is 0. The Morgan fingerprint density at radius 3 is 2.36 bits per heavy atom. The van der Waals surface area contributed by atoms with Crippen LogP contribution in [0.2, 0.25) is 0 Å².